The molecule has 0 amide bonds. The van der Waals surface area contributed by atoms with Crippen molar-refractivity contribution in [2.24, 2.45) is 0 Å². The summed E-state index contributed by atoms with van der Waals surface area (Å²) >= 11 is 1.52. The van der Waals surface area contributed by atoms with E-state index in [9.17, 15) is 8.42 Å². The van der Waals surface area contributed by atoms with Crippen LogP contribution in [0.3, 0.4) is 0 Å². The molecule has 19 heavy (non-hydrogen) atoms. The van der Waals surface area contributed by atoms with Gasteiger partial charge in [0.05, 0.1) is 17.9 Å². The monoisotopic (exact) mass is 300 g/mol. The van der Waals surface area contributed by atoms with Crippen molar-refractivity contribution < 1.29 is 8.42 Å². The number of rotatable bonds is 5. The zero-order valence-electron chi connectivity index (χ0n) is 11.0. The van der Waals surface area contributed by atoms with Crippen LogP contribution in [0.5, 0.6) is 0 Å². The van der Waals surface area contributed by atoms with Gasteiger partial charge in [0, 0.05) is 11.1 Å². The van der Waals surface area contributed by atoms with Crippen LogP contribution >= 0.6 is 11.3 Å². The molecule has 2 rings (SSSR count). The Morgan fingerprint density at radius 1 is 1.42 bits per heavy atom. The third-order valence-electron chi connectivity index (χ3n) is 2.69. The molecular formula is C11H16N4O2S2. The Bertz CT molecular complexity index is 653. The highest BCUT2D eigenvalue weighted by Crippen LogP contribution is 2.18. The molecule has 0 saturated heterocycles. The average molecular weight is 300 g/mol. The SMILES string of the molecule is CCc1cnc(CNS(=O)(=O)c2c(C)n[nH]c2C)s1. The summed E-state index contributed by atoms with van der Waals surface area (Å²) in [7, 11) is -3.55. The van der Waals surface area contributed by atoms with Gasteiger partial charge in [-0.2, -0.15) is 5.10 Å². The van der Waals surface area contributed by atoms with Gasteiger partial charge in [0.2, 0.25) is 10.0 Å². The van der Waals surface area contributed by atoms with Crippen molar-refractivity contribution in [1.29, 1.82) is 0 Å². The van der Waals surface area contributed by atoms with Gasteiger partial charge in [-0.05, 0) is 20.3 Å². The summed E-state index contributed by atoms with van der Waals surface area (Å²) in [5.41, 5.74) is 1.01. The highest BCUT2D eigenvalue weighted by atomic mass is 32.2. The van der Waals surface area contributed by atoms with Gasteiger partial charge in [-0.1, -0.05) is 6.92 Å². The normalized spacial score (nSPS) is 11.9. The van der Waals surface area contributed by atoms with Crippen LogP contribution in [0.2, 0.25) is 0 Å². The summed E-state index contributed by atoms with van der Waals surface area (Å²) in [5.74, 6) is 0. The van der Waals surface area contributed by atoms with Gasteiger partial charge in [0.15, 0.2) is 0 Å². The highest BCUT2D eigenvalue weighted by Gasteiger charge is 2.22. The lowest BCUT2D eigenvalue weighted by atomic mass is 10.4. The van der Waals surface area contributed by atoms with Crippen LogP contribution in [0.4, 0.5) is 0 Å². The lowest BCUT2D eigenvalue weighted by Gasteiger charge is -2.04. The van der Waals surface area contributed by atoms with Gasteiger partial charge < -0.3 is 0 Å². The second kappa shape index (κ2) is 5.40. The van der Waals surface area contributed by atoms with Crippen molar-refractivity contribution in [2.45, 2.75) is 38.6 Å². The molecule has 0 bridgehead atoms. The van der Waals surface area contributed by atoms with E-state index in [0.29, 0.717) is 11.4 Å². The summed E-state index contributed by atoms with van der Waals surface area (Å²) in [5, 5.41) is 7.33. The van der Waals surface area contributed by atoms with Gasteiger partial charge in [-0.25, -0.2) is 18.1 Å². The smallest absolute Gasteiger partial charge is 0.244 e. The standard InChI is InChI=1S/C11H16N4O2S2/c1-4-9-5-12-10(18-9)6-13-19(16,17)11-7(2)14-15-8(11)3/h5,13H,4,6H2,1-3H3,(H,14,15). The van der Waals surface area contributed by atoms with E-state index < -0.39 is 10.0 Å². The molecule has 2 aromatic heterocycles. The Morgan fingerprint density at radius 3 is 2.68 bits per heavy atom. The van der Waals surface area contributed by atoms with Gasteiger partial charge >= 0.3 is 0 Å². The summed E-state index contributed by atoms with van der Waals surface area (Å²) in [6.07, 6.45) is 2.69. The first-order valence-electron chi connectivity index (χ1n) is 5.89. The van der Waals surface area contributed by atoms with E-state index in [2.05, 4.69) is 19.9 Å². The second-order valence-corrected chi connectivity index (χ2v) is 7.07. The Balaban J connectivity index is 2.14. The van der Waals surface area contributed by atoms with Crippen LogP contribution < -0.4 is 4.72 Å². The van der Waals surface area contributed by atoms with E-state index in [-0.39, 0.29) is 11.4 Å². The largest absolute Gasteiger partial charge is 0.281 e. The van der Waals surface area contributed by atoms with Crippen molar-refractivity contribution in [3.8, 4) is 0 Å². The molecule has 0 aliphatic heterocycles. The molecule has 0 unspecified atom stereocenters. The maximum Gasteiger partial charge on any atom is 0.244 e. The lowest BCUT2D eigenvalue weighted by molar-refractivity contribution is 0.580. The number of aromatic nitrogens is 3. The Morgan fingerprint density at radius 2 is 2.16 bits per heavy atom. The molecular weight excluding hydrogens is 284 g/mol. The molecule has 104 valence electrons. The van der Waals surface area contributed by atoms with Crippen LogP contribution in [0, 0.1) is 13.8 Å². The first-order chi connectivity index (χ1) is 8.94. The van der Waals surface area contributed by atoms with Crippen molar-refractivity contribution in [3.05, 3.63) is 27.5 Å². The fraction of sp³-hybridized carbons (Fsp3) is 0.455. The third kappa shape index (κ3) is 3.02. The van der Waals surface area contributed by atoms with E-state index in [0.717, 1.165) is 16.3 Å². The van der Waals surface area contributed by atoms with Gasteiger partial charge in [-0.3, -0.25) is 5.10 Å². The van der Waals surface area contributed by atoms with Crippen molar-refractivity contribution >= 4 is 21.4 Å². The number of nitrogens with zero attached hydrogens (tertiary/aromatic N) is 2. The lowest BCUT2D eigenvalue weighted by Crippen LogP contribution is -2.24. The summed E-state index contributed by atoms with van der Waals surface area (Å²) in [4.78, 5) is 5.55. The molecule has 0 aliphatic carbocycles. The fourth-order valence-corrected chi connectivity index (χ4v) is 4.01. The first-order valence-corrected chi connectivity index (χ1v) is 8.18. The molecule has 6 nitrogen and oxygen atoms in total. The summed E-state index contributed by atoms with van der Waals surface area (Å²) in [6.45, 7) is 5.60. The van der Waals surface area contributed by atoms with Crippen LogP contribution in [-0.2, 0) is 23.0 Å². The predicted octanol–water partition coefficient (Wildman–Crippen LogP) is 1.52. The number of nitrogens with one attached hydrogen (secondary N) is 2. The maximum atomic E-state index is 12.2. The minimum Gasteiger partial charge on any atom is -0.281 e. The van der Waals surface area contributed by atoms with Gasteiger partial charge in [0.1, 0.15) is 9.90 Å². The number of hydrogen-bond donors (Lipinski definition) is 2. The number of sulfonamides is 1. The third-order valence-corrected chi connectivity index (χ3v) is 5.50. The molecule has 0 spiro atoms. The molecule has 0 fully saturated rings. The summed E-state index contributed by atoms with van der Waals surface area (Å²) < 4.78 is 26.9. The van der Waals surface area contributed by atoms with Crippen LogP contribution in [0.15, 0.2) is 11.1 Å². The highest BCUT2D eigenvalue weighted by molar-refractivity contribution is 7.89. The number of H-pyrrole nitrogens is 1. The van der Waals surface area contributed by atoms with Crippen LogP contribution in [-0.4, -0.2) is 23.6 Å². The molecule has 0 atom stereocenters. The molecule has 8 heteroatoms. The van der Waals surface area contributed by atoms with Gasteiger partial charge in [-0.15, -0.1) is 11.3 Å². The quantitative estimate of drug-likeness (QED) is 0.876. The van der Waals surface area contributed by atoms with Crippen LogP contribution in [0.1, 0.15) is 28.2 Å². The van der Waals surface area contributed by atoms with E-state index in [1.807, 2.05) is 6.92 Å². The minimum atomic E-state index is -3.55. The minimum absolute atomic E-state index is 0.205. The number of thiazole rings is 1. The Hall–Kier alpha value is -1.25. The topological polar surface area (TPSA) is 87.7 Å². The molecule has 0 aliphatic rings. The fourth-order valence-electron chi connectivity index (χ4n) is 1.76. The second-order valence-electron chi connectivity index (χ2n) is 4.16. The summed E-state index contributed by atoms with van der Waals surface area (Å²) in [6, 6.07) is 0. The predicted molar refractivity (Wildman–Crippen MR) is 73.6 cm³/mol. The molecule has 0 radical (unpaired) electrons. The molecule has 0 aromatic carbocycles. The zero-order chi connectivity index (χ0) is 14.0. The van der Waals surface area contributed by atoms with E-state index in [1.165, 1.54) is 11.3 Å². The van der Waals surface area contributed by atoms with E-state index in [4.69, 9.17) is 0 Å². The average Bonchev–Trinajstić information content (AvgIpc) is 2.94. The number of hydrogen-bond acceptors (Lipinski definition) is 5. The zero-order valence-corrected chi connectivity index (χ0v) is 12.7. The van der Waals surface area contributed by atoms with E-state index >= 15 is 0 Å². The van der Waals surface area contributed by atoms with Crippen molar-refractivity contribution in [2.75, 3.05) is 0 Å². The van der Waals surface area contributed by atoms with Crippen molar-refractivity contribution in [1.82, 2.24) is 19.9 Å². The van der Waals surface area contributed by atoms with Crippen molar-refractivity contribution in [3.63, 3.8) is 0 Å². The molecule has 2 N–H and O–H groups in total. The van der Waals surface area contributed by atoms with Crippen LogP contribution in [0.25, 0.3) is 0 Å². The molecule has 0 saturated carbocycles. The Labute approximate surface area is 116 Å². The van der Waals surface area contributed by atoms with E-state index in [1.54, 1.807) is 20.0 Å². The molecule has 2 aromatic rings. The Kier molecular flexibility index (Phi) is 4.02. The number of aryl methyl sites for hydroxylation is 3. The number of aromatic amines is 1. The van der Waals surface area contributed by atoms with Gasteiger partial charge in [0.25, 0.3) is 0 Å². The first kappa shape index (κ1) is 14.2. The molecule has 2 heterocycles. The maximum absolute atomic E-state index is 12.2.